The van der Waals surface area contributed by atoms with Crippen molar-refractivity contribution in [2.24, 2.45) is 0 Å². The number of nitrogens with zero attached hydrogens (tertiary/aromatic N) is 2. The predicted octanol–water partition coefficient (Wildman–Crippen LogP) is 6.67. The van der Waals surface area contributed by atoms with Crippen molar-refractivity contribution in [1.29, 1.82) is 0 Å². The van der Waals surface area contributed by atoms with Crippen molar-refractivity contribution < 1.29 is 22.7 Å². The number of hydrogen-bond acceptors (Lipinski definition) is 5. The Balaban J connectivity index is 1.85. The predicted molar refractivity (Wildman–Crippen MR) is 183 cm³/mol. The number of anilines is 1. The summed E-state index contributed by atoms with van der Waals surface area (Å²) >= 11 is 12.9. The number of nitrogens with one attached hydrogen (secondary N) is 1. The molecule has 0 bridgehead atoms. The molecular weight excluding hydrogens is 645 g/mol. The van der Waals surface area contributed by atoms with Gasteiger partial charge in [-0.05, 0) is 68.3 Å². The molecule has 2 amide bonds. The fraction of sp³-hybridized carbons (Fsp3) is 0.257. The summed E-state index contributed by atoms with van der Waals surface area (Å²) in [6.07, 6.45) is 0.192. The molecule has 1 atom stereocenters. The third-order valence-electron chi connectivity index (χ3n) is 7.28. The number of rotatable bonds is 13. The van der Waals surface area contributed by atoms with Gasteiger partial charge in [0.1, 0.15) is 18.3 Å². The normalized spacial score (nSPS) is 12.0. The lowest BCUT2D eigenvalue weighted by Gasteiger charge is -2.34. The second-order valence-corrected chi connectivity index (χ2v) is 13.8. The van der Waals surface area contributed by atoms with Gasteiger partial charge in [0.15, 0.2) is 0 Å². The Morgan fingerprint density at radius 2 is 1.52 bits per heavy atom. The van der Waals surface area contributed by atoms with Gasteiger partial charge >= 0.3 is 0 Å². The fourth-order valence-corrected chi connectivity index (χ4v) is 6.81. The van der Waals surface area contributed by atoms with E-state index in [1.807, 2.05) is 57.2 Å². The highest BCUT2D eigenvalue weighted by atomic mass is 35.5. The smallest absolute Gasteiger partial charge is 0.264 e. The molecule has 8 nitrogen and oxygen atoms in total. The fourth-order valence-electron chi connectivity index (χ4n) is 4.94. The molecule has 0 saturated carbocycles. The summed E-state index contributed by atoms with van der Waals surface area (Å²) in [5, 5.41) is 3.05. The summed E-state index contributed by atoms with van der Waals surface area (Å²) in [5.74, 6) is -0.413. The Morgan fingerprint density at radius 1 is 0.870 bits per heavy atom. The third-order valence-corrected chi connectivity index (χ3v) is 9.86. The minimum atomic E-state index is -4.32. The first kappa shape index (κ1) is 34.8. The summed E-state index contributed by atoms with van der Waals surface area (Å²) in [6, 6.07) is 26.2. The van der Waals surface area contributed by atoms with Gasteiger partial charge in [0.2, 0.25) is 11.8 Å². The largest absolute Gasteiger partial charge is 0.497 e. The lowest BCUT2D eigenvalue weighted by atomic mass is 10.0. The van der Waals surface area contributed by atoms with Crippen LogP contribution in [0.15, 0.2) is 102 Å². The number of carbonyl (C=O) groups is 2. The van der Waals surface area contributed by atoms with Crippen molar-refractivity contribution in [2.75, 3.05) is 18.0 Å². The van der Waals surface area contributed by atoms with Gasteiger partial charge in [-0.25, -0.2) is 8.42 Å². The minimum absolute atomic E-state index is 0.000740. The average molecular weight is 683 g/mol. The van der Waals surface area contributed by atoms with E-state index in [9.17, 15) is 18.0 Å². The van der Waals surface area contributed by atoms with Crippen molar-refractivity contribution in [3.63, 3.8) is 0 Å². The Hall–Kier alpha value is -4.05. The monoisotopic (exact) mass is 681 g/mol. The van der Waals surface area contributed by atoms with Gasteiger partial charge < -0.3 is 15.0 Å². The third kappa shape index (κ3) is 8.60. The molecule has 11 heteroatoms. The van der Waals surface area contributed by atoms with Gasteiger partial charge in [0.05, 0.1) is 27.7 Å². The molecule has 0 aliphatic rings. The number of methoxy groups -OCH3 is 1. The molecule has 0 saturated heterocycles. The van der Waals surface area contributed by atoms with Crippen molar-refractivity contribution in [3.8, 4) is 5.75 Å². The van der Waals surface area contributed by atoms with Gasteiger partial charge in [-0.3, -0.25) is 13.9 Å². The van der Waals surface area contributed by atoms with Gasteiger partial charge in [-0.1, -0.05) is 89.4 Å². The zero-order chi connectivity index (χ0) is 33.4. The highest BCUT2D eigenvalue weighted by Crippen LogP contribution is 2.36. The van der Waals surface area contributed by atoms with Crippen LogP contribution in [0.1, 0.15) is 30.5 Å². The van der Waals surface area contributed by atoms with Crippen molar-refractivity contribution in [1.82, 2.24) is 10.2 Å². The summed E-state index contributed by atoms with van der Waals surface area (Å²) in [4.78, 5) is 29.8. The number of amides is 2. The van der Waals surface area contributed by atoms with Crippen molar-refractivity contribution >= 4 is 50.7 Å². The molecule has 46 heavy (non-hydrogen) atoms. The SMILES string of the molecule is COc1cccc(CN(C(=O)CN(c2cccc(Cl)c2Cl)S(=O)(=O)c2ccc(C)cc2)C(Cc2ccccc2)C(=O)NC(C)C)c1. The van der Waals surface area contributed by atoms with E-state index in [1.54, 1.807) is 43.5 Å². The van der Waals surface area contributed by atoms with Crippen LogP contribution in [0.2, 0.25) is 10.0 Å². The molecule has 4 rings (SSSR count). The van der Waals surface area contributed by atoms with Gasteiger partial charge in [0.25, 0.3) is 10.0 Å². The number of carbonyl (C=O) groups excluding carboxylic acids is 2. The van der Waals surface area contributed by atoms with Crippen LogP contribution < -0.4 is 14.4 Å². The van der Waals surface area contributed by atoms with E-state index in [0.29, 0.717) is 11.3 Å². The van der Waals surface area contributed by atoms with Crippen LogP contribution in [0.5, 0.6) is 5.75 Å². The number of halogens is 2. The van der Waals surface area contributed by atoms with E-state index in [0.717, 1.165) is 15.4 Å². The number of sulfonamides is 1. The molecule has 0 fully saturated rings. The minimum Gasteiger partial charge on any atom is -0.497 e. The second-order valence-electron chi connectivity index (χ2n) is 11.1. The molecule has 0 heterocycles. The van der Waals surface area contributed by atoms with Crippen LogP contribution in [-0.4, -0.2) is 50.9 Å². The lowest BCUT2D eigenvalue weighted by Crippen LogP contribution is -2.54. The molecule has 1 unspecified atom stereocenters. The summed E-state index contributed by atoms with van der Waals surface area (Å²) < 4.78 is 34.8. The first-order chi connectivity index (χ1) is 21.9. The summed E-state index contributed by atoms with van der Waals surface area (Å²) in [7, 11) is -2.78. The number of ether oxygens (including phenoxy) is 1. The zero-order valence-corrected chi connectivity index (χ0v) is 28.4. The Labute approximate surface area is 280 Å². The molecule has 4 aromatic rings. The molecule has 0 radical (unpaired) electrons. The van der Waals surface area contributed by atoms with Crippen LogP contribution in [0.25, 0.3) is 0 Å². The highest BCUT2D eigenvalue weighted by molar-refractivity contribution is 7.92. The van der Waals surface area contributed by atoms with Gasteiger partial charge in [0, 0.05) is 19.0 Å². The first-order valence-electron chi connectivity index (χ1n) is 14.7. The Bertz CT molecular complexity index is 1770. The van der Waals surface area contributed by atoms with Crippen LogP contribution in [-0.2, 0) is 32.6 Å². The second kappa shape index (κ2) is 15.5. The maximum atomic E-state index is 14.6. The molecule has 0 aromatic heterocycles. The van der Waals surface area contributed by atoms with Crippen LogP contribution >= 0.6 is 23.2 Å². The van der Waals surface area contributed by atoms with Gasteiger partial charge in [-0.15, -0.1) is 0 Å². The molecule has 0 aliphatic carbocycles. The topological polar surface area (TPSA) is 96.0 Å². The van der Waals surface area contributed by atoms with E-state index in [1.165, 1.54) is 29.2 Å². The van der Waals surface area contributed by atoms with Crippen molar-refractivity contribution in [3.05, 3.63) is 124 Å². The van der Waals surface area contributed by atoms with E-state index in [4.69, 9.17) is 27.9 Å². The van der Waals surface area contributed by atoms with E-state index < -0.39 is 28.5 Å². The van der Waals surface area contributed by atoms with E-state index in [-0.39, 0.29) is 45.5 Å². The van der Waals surface area contributed by atoms with E-state index in [2.05, 4.69) is 5.32 Å². The molecule has 242 valence electrons. The van der Waals surface area contributed by atoms with Crippen LogP contribution in [0.4, 0.5) is 5.69 Å². The highest BCUT2D eigenvalue weighted by Gasteiger charge is 2.35. The molecule has 1 N–H and O–H groups in total. The quantitative estimate of drug-likeness (QED) is 0.170. The Morgan fingerprint density at radius 3 is 2.17 bits per heavy atom. The Kier molecular flexibility index (Phi) is 11.7. The lowest BCUT2D eigenvalue weighted by molar-refractivity contribution is -0.140. The summed E-state index contributed by atoms with van der Waals surface area (Å²) in [5.41, 5.74) is 2.43. The maximum Gasteiger partial charge on any atom is 0.264 e. The number of hydrogen-bond donors (Lipinski definition) is 1. The standard InChI is InChI=1S/C35H37Cl2N3O5S/c1-24(2)38-35(42)32(21-26-10-6-5-7-11-26)39(22-27-12-8-13-28(20-27)45-4)33(41)23-40(31-15-9-14-30(36)34(31)37)46(43,44)29-18-16-25(3)17-19-29/h5-20,24,32H,21-23H2,1-4H3,(H,38,42). The average Bonchev–Trinajstić information content (AvgIpc) is 3.03. The molecule has 0 aliphatic heterocycles. The summed E-state index contributed by atoms with van der Waals surface area (Å²) in [6.45, 7) is 4.86. The number of benzene rings is 4. The van der Waals surface area contributed by atoms with Crippen LogP contribution in [0.3, 0.4) is 0 Å². The van der Waals surface area contributed by atoms with E-state index >= 15 is 0 Å². The zero-order valence-electron chi connectivity index (χ0n) is 26.1. The van der Waals surface area contributed by atoms with Crippen LogP contribution in [0, 0.1) is 6.92 Å². The first-order valence-corrected chi connectivity index (χ1v) is 16.9. The van der Waals surface area contributed by atoms with Gasteiger partial charge in [-0.2, -0.15) is 0 Å². The van der Waals surface area contributed by atoms with Crippen molar-refractivity contribution in [2.45, 2.75) is 50.7 Å². The molecule has 0 spiro atoms. The number of aryl methyl sites for hydroxylation is 1. The molecule has 4 aromatic carbocycles. The maximum absolute atomic E-state index is 14.6. The molecular formula is C35H37Cl2N3O5S.